The van der Waals surface area contributed by atoms with Crippen LogP contribution in [0.3, 0.4) is 0 Å². The fraction of sp³-hybridized carbons (Fsp3) is 0.842. The molecule has 0 radical (unpaired) electrons. The van der Waals surface area contributed by atoms with E-state index in [1.807, 2.05) is 44.5 Å². The Morgan fingerprint density at radius 3 is 1.64 bits per heavy atom. The van der Waals surface area contributed by atoms with Gasteiger partial charge in [0.1, 0.15) is 11.1 Å². The van der Waals surface area contributed by atoms with E-state index >= 15 is 0 Å². The molecule has 2 rings (SSSR count). The molecule has 0 aromatic carbocycles. The van der Waals surface area contributed by atoms with Gasteiger partial charge in [-0.1, -0.05) is 13.8 Å². The van der Waals surface area contributed by atoms with Gasteiger partial charge in [-0.25, -0.2) is 0 Å². The van der Waals surface area contributed by atoms with Gasteiger partial charge in [0.25, 0.3) is 0 Å². The molecule has 0 aromatic rings. The topological polar surface area (TPSA) is 98.1 Å². The molecule has 2 aliphatic carbocycles. The third-order valence-electron chi connectivity index (χ3n) is 4.55. The maximum absolute atomic E-state index is 9.06. The molecule has 6 nitrogen and oxygen atoms in total. The first-order chi connectivity index (χ1) is 11.8. The molecular weight excluding hydrogens is 314 g/mol. The summed E-state index contributed by atoms with van der Waals surface area (Å²) in [6, 6.07) is 6.95. The molecule has 1 atom stereocenters. The van der Waals surface area contributed by atoms with Gasteiger partial charge in [-0.15, -0.1) is 0 Å². The molecule has 25 heavy (non-hydrogen) atoms. The van der Waals surface area contributed by atoms with Crippen LogP contribution in [0.25, 0.3) is 0 Å². The molecule has 0 aliphatic heterocycles. The third kappa shape index (κ3) is 6.63. The van der Waals surface area contributed by atoms with Gasteiger partial charge in [0.05, 0.1) is 30.9 Å². The lowest BCUT2D eigenvalue weighted by atomic mass is 10.2. The molecule has 2 aliphatic rings. The lowest BCUT2D eigenvalue weighted by Crippen LogP contribution is -2.41. The van der Waals surface area contributed by atoms with Gasteiger partial charge in [-0.3, -0.25) is 9.80 Å². The molecule has 1 N–H and O–H groups in total. The summed E-state index contributed by atoms with van der Waals surface area (Å²) in [6.07, 6.45) is 3.40. The van der Waals surface area contributed by atoms with Crippen molar-refractivity contribution in [2.45, 2.75) is 83.5 Å². The van der Waals surface area contributed by atoms with Gasteiger partial charge in [-0.05, 0) is 53.5 Å². The van der Waals surface area contributed by atoms with Crippen LogP contribution in [0, 0.1) is 34.0 Å². The van der Waals surface area contributed by atoms with Crippen molar-refractivity contribution in [3.8, 4) is 18.2 Å². The van der Waals surface area contributed by atoms with Gasteiger partial charge in [-0.2, -0.15) is 15.8 Å². The number of aliphatic hydroxyl groups excluding tert-OH is 1. The number of hydrogen-bond donors (Lipinski definition) is 1. The molecule has 0 saturated heterocycles. The van der Waals surface area contributed by atoms with Crippen molar-refractivity contribution < 1.29 is 5.11 Å². The first kappa shape index (κ1) is 23.4. The van der Waals surface area contributed by atoms with Crippen LogP contribution >= 0.6 is 0 Å². The number of β-amino-alcohol motifs (C(OH)–C–C–N with tert-alkyl or cyclic N) is 1. The van der Waals surface area contributed by atoms with E-state index in [-0.39, 0.29) is 23.2 Å². The average molecular weight is 348 g/mol. The fourth-order valence-corrected chi connectivity index (χ4v) is 2.75. The highest BCUT2D eigenvalue weighted by atomic mass is 16.3. The minimum absolute atomic E-state index is 0.239. The van der Waals surface area contributed by atoms with Crippen molar-refractivity contribution in [3.63, 3.8) is 0 Å². The second-order valence-corrected chi connectivity index (χ2v) is 6.90. The molecule has 0 aromatic heterocycles. The van der Waals surface area contributed by atoms with E-state index < -0.39 is 0 Å². The Bertz CT molecular complexity index is 515. The Balaban J connectivity index is 0.000000421. The monoisotopic (exact) mass is 347 g/mol. The van der Waals surface area contributed by atoms with Crippen molar-refractivity contribution in [1.29, 1.82) is 15.8 Å². The number of nitriles is 3. The van der Waals surface area contributed by atoms with E-state index in [9.17, 15) is 0 Å². The van der Waals surface area contributed by atoms with Crippen molar-refractivity contribution in [1.82, 2.24) is 9.80 Å². The van der Waals surface area contributed by atoms with Crippen molar-refractivity contribution in [3.05, 3.63) is 0 Å². The summed E-state index contributed by atoms with van der Waals surface area (Å²) in [6.45, 7) is 10.7. The average Bonchev–Trinajstić information content (AvgIpc) is 3.49. The molecule has 0 spiro atoms. The highest BCUT2D eigenvalue weighted by Crippen LogP contribution is 2.42. The van der Waals surface area contributed by atoms with Crippen LogP contribution in [0.5, 0.6) is 0 Å². The Kier molecular flexibility index (Phi) is 9.68. The van der Waals surface area contributed by atoms with Gasteiger partial charge >= 0.3 is 0 Å². The summed E-state index contributed by atoms with van der Waals surface area (Å²) in [5.74, 6) is 0. The van der Waals surface area contributed by atoms with E-state index in [1.165, 1.54) is 0 Å². The lowest BCUT2D eigenvalue weighted by molar-refractivity contribution is 0.124. The lowest BCUT2D eigenvalue weighted by Gasteiger charge is -2.27. The second-order valence-electron chi connectivity index (χ2n) is 6.90. The van der Waals surface area contributed by atoms with Crippen molar-refractivity contribution in [2.75, 3.05) is 20.1 Å². The molecule has 6 heteroatoms. The van der Waals surface area contributed by atoms with Gasteiger partial charge in [0.2, 0.25) is 0 Å². The van der Waals surface area contributed by atoms with E-state index in [2.05, 4.69) is 18.2 Å². The number of aliphatic hydroxyl groups is 1. The van der Waals surface area contributed by atoms with Gasteiger partial charge in [0.15, 0.2) is 0 Å². The second kappa shape index (κ2) is 10.4. The smallest absolute Gasteiger partial charge is 0.110 e. The van der Waals surface area contributed by atoms with E-state index in [0.717, 1.165) is 25.7 Å². The third-order valence-corrected chi connectivity index (χ3v) is 4.55. The van der Waals surface area contributed by atoms with E-state index in [0.29, 0.717) is 13.1 Å². The number of nitrogens with zero attached hydrogens (tertiary/aromatic N) is 5. The minimum Gasteiger partial charge on any atom is -0.392 e. The quantitative estimate of drug-likeness (QED) is 0.742. The van der Waals surface area contributed by atoms with Crippen LogP contribution < -0.4 is 0 Å². The van der Waals surface area contributed by atoms with Gasteiger partial charge in [0, 0.05) is 12.6 Å². The Morgan fingerprint density at radius 1 is 0.960 bits per heavy atom. The summed E-state index contributed by atoms with van der Waals surface area (Å²) in [4.78, 5) is 3.92. The highest BCUT2D eigenvalue weighted by Gasteiger charge is 2.49. The SMILES string of the molecule is CC.CC(C)N(CC#N)C1(C#N)CC1.CC(O)CN(C)C1(C#N)CC1. The predicted octanol–water partition coefficient (Wildman–Crippen LogP) is 2.66. The molecule has 2 saturated carbocycles. The molecule has 1 unspecified atom stereocenters. The standard InChI is InChI=1S/C9H13N3.C8H14N2O.C2H6/c1-8(2)12(6-5-10)9(7-11)3-4-9;1-7(11)5-10(2)8(6-9)3-4-8;1-2/h8H,3-4,6H2,1-2H3;7,11H,3-5H2,1-2H3;1-2H3. The summed E-state index contributed by atoms with van der Waals surface area (Å²) in [5.41, 5.74) is -0.541. The maximum Gasteiger partial charge on any atom is 0.110 e. The summed E-state index contributed by atoms with van der Waals surface area (Å²) >= 11 is 0. The molecule has 0 bridgehead atoms. The first-order valence-electron chi connectivity index (χ1n) is 9.12. The number of rotatable bonds is 6. The minimum atomic E-state index is -0.342. The first-order valence-corrected chi connectivity index (χ1v) is 9.12. The molecule has 2 fully saturated rings. The zero-order valence-corrected chi connectivity index (χ0v) is 16.6. The molecule has 0 heterocycles. The number of likely N-dealkylation sites (N-methyl/N-ethyl adjacent to an activating group) is 1. The maximum atomic E-state index is 9.06. The summed E-state index contributed by atoms with van der Waals surface area (Å²) in [5, 5.41) is 35.3. The zero-order valence-electron chi connectivity index (χ0n) is 16.6. The van der Waals surface area contributed by atoms with Crippen LogP contribution in [0.2, 0.25) is 0 Å². The molecule has 140 valence electrons. The number of hydrogen-bond acceptors (Lipinski definition) is 6. The highest BCUT2D eigenvalue weighted by molar-refractivity contribution is 5.20. The zero-order chi connectivity index (χ0) is 19.7. The normalized spacial score (nSPS) is 19.3. The molecular formula is C19H33N5O. The molecule has 0 amide bonds. The summed E-state index contributed by atoms with van der Waals surface area (Å²) < 4.78 is 0. The predicted molar refractivity (Wildman–Crippen MR) is 98.3 cm³/mol. The van der Waals surface area contributed by atoms with Crippen molar-refractivity contribution >= 4 is 0 Å². The van der Waals surface area contributed by atoms with Crippen LogP contribution in [-0.4, -0.2) is 58.3 Å². The van der Waals surface area contributed by atoms with Crippen LogP contribution in [0.4, 0.5) is 0 Å². The van der Waals surface area contributed by atoms with Crippen LogP contribution in [-0.2, 0) is 0 Å². The van der Waals surface area contributed by atoms with E-state index in [4.69, 9.17) is 20.9 Å². The fourth-order valence-electron chi connectivity index (χ4n) is 2.75. The summed E-state index contributed by atoms with van der Waals surface area (Å²) in [7, 11) is 1.89. The Morgan fingerprint density at radius 2 is 1.40 bits per heavy atom. The Hall–Kier alpha value is -1.65. The van der Waals surface area contributed by atoms with Crippen LogP contribution in [0.1, 0.15) is 60.3 Å². The largest absolute Gasteiger partial charge is 0.392 e. The van der Waals surface area contributed by atoms with Crippen molar-refractivity contribution in [2.24, 2.45) is 0 Å². The Labute approximate surface area is 153 Å². The van der Waals surface area contributed by atoms with Gasteiger partial charge < -0.3 is 5.11 Å². The van der Waals surface area contributed by atoms with E-state index in [1.54, 1.807) is 6.92 Å². The van der Waals surface area contributed by atoms with Crippen LogP contribution in [0.15, 0.2) is 0 Å².